The normalized spacial score (nSPS) is 24.6. The lowest BCUT2D eigenvalue weighted by Crippen LogP contribution is -2.48. The number of nitrogens with zero attached hydrogens (tertiary/aromatic N) is 3. The summed E-state index contributed by atoms with van der Waals surface area (Å²) in [6.45, 7) is 2.98. The molecule has 0 aliphatic carbocycles. The number of rotatable bonds is 3. The highest BCUT2D eigenvalue weighted by molar-refractivity contribution is 6.39. The van der Waals surface area contributed by atoms with Crippen molar-refractivity contribution in [3.8, 4) is 0 Å². The van der Waals surface area contributed by atoms with E-state index in [0.29, 0.717) is 31.7 Å². The average molecular weight is 268 g/mol. The number of hydrazone groups is 1. The second kappa shape index (κ2) is 6.12. The number of hydrogen-bond acceptors (Lipinski definition) is 5. The molecule has 0 saturated carbocycles. The van der Waals surface area contributed by atoms with E-state index in [4.69, 9.17) is 4.74 Å². The topological polar surface area (TPSA) is 74.2 Å². The third kappa shape index (κ3) is 3.74. The highest BCUT2D eigenvalue weighted by Crippen LogP contribution is 2.07. The molecule has 0 bridgehead atoms. The van der Waals surface area contributed by atoms with Gasteiger partial charge in [0.25, 0.3) is 5.91 Å². The van der Waals surface area contributed by atoms with Crippen molar-refractivity contribution in [2.75, 3.05) is 40.3 Å². The Labute approximate surface area is 112 Å². The Bertz CT molecular complexity index is 396. The third-order valence-electron chi connectivity index (χ3n) is 3.32. The van der Waals surface area contributed by atoms with E-state index in [-0.39, 0.29) is 17.9 Å². The van der Waals surface area contributed by atoms with E-state index >= 15 is 0 Å². The van der Waals surface area contributed by atoms with Gasteiger partial charge in [0.05, 0.1) is 12.7 Å². The summed E-state index contributed by atoms with van der Waals surface area (Å²) in [6.07, 6.45) is 0.758. The standard InChI is InChI=1S/C12H20N4O3/c1-15-5-6-19-9(7-15)8-16(2)12(18)10-3-4-11(17)14-13-10/h9H,3-8H2,1-2H3,(H,14,17). The van der Waals surface area contributed by atoms with Crippen LogP contribution in [0, 0.1) is 0 Å². The zero-order chi connectivity index (χ0) is 13.8. The largest absolute Gasteiger partial charge is 0.374 e. The maximum Gasteiger partial charge on any atom is 0.269 e. The van der Waals surface area contributed by atoms with Crippen molar-refractivity contribution in [1.29, 1.82) is 0 Å². The van der Waals surface area contributed by atoms with Crippen LogP contribution >= 0.6 is 0 Å². The van der Waals surface area contributed by atoms with Crippen LogP contribution < -0.4 is 5.43 Å². The molecular formula is C12H20N4O3. The van der Waals surface area contributed by atoms with Gasteiger partial charge in [0.15, 0.2) is 0 Å². The molecule has 19 heavy (non-hydrogen) atoms. The summed E-state index contributed by atoms with van der Waals surface area (Å²) < 4.78 is 5.63. The second-order valence-corrected chi connectivity index (χ2v) is 5.03. The van der Waals surface area contributed by atoms with Crippen molar-refractivity contribution in [2.24, 2.45) is 5.10 Å². The summed E-state index contributed by atoms with van der Waals surface area (Å²) in [6, 6.07) is 0. The van der Waals surface area contributed by atoms with Gasteiger partial charge in [0, 0.05) is 39.5 Å². The molecule has 2 heterocycles. The van der Waals surface area contributed by atoms with Crippen LogP contribution in [0.4, 0.5) is 0 Å². The lowest BCUT2D eigenvalue weighted by atomic mass is 10.1. The van der Waals surface area contributed by atoms with Crippen molar-refractivity contribution in [3.05, 3.63) is 0 Å². The molecule has 106 valence electrons. The molecule has 0 spiro atoms. The summed E-state index contributed by atoms with van der Waals surface area (Å²) in [7, 11) is 3.78. The van der Waals surface area contributed by atoms with Gasteiger partial charge >= 0.3 is 0 Å². The van der Waals surface area contributed by atoms with Gasteiger partial charge < -0.3 is 14.5 Å². The van der Waals surface area contributed by atoms with Crippen LogP contribution in [0.5, 0.6) is 0 Å². The van der Waals surface area contributed by atoms with Crippen LogP contribution in [0.2, 0.25) is 0 Å². The van der Waals surface area contributed by atoms with Gasteiger partial charge in [-0.05, 0) is 7.05 Å². The average Bonchev–Trinajstić information content (AvgIpc) is 2.39. The van der Waals surface area contributed by atoms with Gasteiger partial charge in [-0.25, -0.2) is 5.43 Å². The molecule has 1 N–H and O–H groups in total. The van der Waals surface area contributed by atoms with Crippen LogP contribution in [0.1, 0.15) is 12.8 Å². The Morgan fingerprint density at radius 2 is 2.37 bits per heavy atom. The second-order valence-electron chi connectivity index (χ2n) is 5.03. The molecule has 7 nitrogen and oxygen atoms in total. The molecular weight excluding hydrogens is 248 g/mol. The minimum atomic E-state index is -0.142. The van der Waals surface area contributed by atoms with Gasteiger partial charge in [-0.3, -0.25) is 9.59 Å². The fourth-order valence-corrected chi connectivity index (χ4v) is 2.21. The summed E-state index contributed by atoms with van der Waals surface area (Å²) in [5, 5.41) is 3.81. The van der Waals surface area contributed by atoms with Crippen LogP contribution in [-0.4, -0.2) is 73.8 Å². The Morgan fingerprint density at radius 1 is 1.58 bits per heavy atom. The number of hydrogen-bond donors (Lipinski definition) is 1. The van der Waals surface area contributed by atoms with E-state index in [1.54, 1.807) is 11.9 Å². The van der Waals surface area contributed by atoms with Crippen LogP contribution in [-0.2, 0) is 14.3 Å². The molecule has 2 rings (SSSR count). The molecule has 2 amide bonds. The minimum Gasteiger partial charge on any atom is -0.374 e. The number of nitrogens with one attached hydrogen (secondary N) is 1. The Kier molecular flexibility index (Phi) is 4.49. The van der Waals surface area contributed by atoms with Crippen LogP contribution in [0.3, 0.4) is 0 Å². The SMILES string of the molecule is CN1CCOC(CN(C)C(=O)C2=NNC(=O)CC2)C1. The Morgan fingerprint density at radius 3 is 3.00 bits per heavy atom. The van der Waals surface area contributed by atoms with E-state index in [9.17, 15) is 9.59 Å². The third-order valence-corrected chi connectivity index (χ3v) is 3.32. The zero-order valence-corrected chi connectivity index (χ0v) is 11.4. The quantitative estimate of drug-likeness (QED) is 0.715. The number of carbonyl (C=O) groups is 2. The number of carbonyl (C=O) groups excluding carboxylic acids is 2. The van der Waals surface area contributed by atoms with Crippen molar-refractivity contribution in [1.82, 2.24) is 15.2 Å². The summed E-state index contributed by atoms with van der Waals surface area (Å²) in [4.78, 5) is 26.9. The van der Waals surface area contributed by atoms with Gasteiger partial charge in [0.1, 0.15) is 5.71 Å². The highest BCUT2D eigenvalue weighted by Gasteiger charge is 2.25. The monoisotopic (exact) mass is 268 g/mol. The van der Waals surface area contributed by atoms with Crippen molar-refractivity contribution in [2.45, 2.75) is 18.9 Å². The van der Waals surface area contributed by atoms with Gasteiger partial charge in [0.2, 0.25) is 5.91 Å². The first-order chi connectivity index (χ1) is 9.06. The first-order valence-electron chi connectivity index (χ1n) is 6.47. The predicted octanol–water partition coefficient (Wildman–Crippen LogP) is -0.959. The summed E-state index contributed by atoms with van der Waals surface area (Å²) in [5.74, 6) is -0.284. The van der Waals surface area contributed by atoms with Crippen molar-refractivity contribution in [3.63, 3.8) is 0 Å². The van der Waals surface area contributed by atoms with E-state index in [0.717, 1.165) is 13.1 Å². The van der Waals surface area contributed by atoms with Crippen LogP contribution in [0.25, 0.3) is 0 Å². The maximum atomic E-state index is 12.1. The zero-order valence-electron chi connectivity index (χ0n) is 11.4. The molecule has 7 heteroatoms. The number of amides is 2. The first kappa shape index (κ1) is 14.0. The number of morpholine rings is 1. The Balaban J connectivity index is 1.87. The summed E-state index contributed by atoms with van der Waals surface area (Å²) >= 11 is 0. The molecule has 1 unspecified atom stereocenters. The highest BCUT2D eigenvalue weighted by atomic mass is 16.5. The minimum absolute atomic E-state index is 0.0338. The van der Waals surface area contributed by atoms with E-state index in [1.165, 1.54) is 0 Å². The molecule has 0 aromatic carbocycles. The molecule has 0 aromatic heterocycles. The number of likely N-dealkylation sites (N-methyl/N-ethyl adjacent to an activating group) is 2. The smallest absolute Gasteiger partial charge is 0.269 e. The van der Waals surface area contributed by atoms with E-state index in [1.807, 2.05) is 7.05 Å². The molecule has 2 aliphatic rings. The van der Waals surface area contributed by atoms with E-state index in [2.05, 4.69) is 15.4 Å². The van der Waals surface area contributed by atoms with E-state index < -0.39 is 0 Å². The van der Waals surface area contributed by atoms with Gasteiger partial charge in [-0.1, -0.05) is 0 Å². The first-order valence-corrected chi connectivity index (χ1v) is 6.47. The molecule has 0 radical (unpaired) electrons. The fraction of sp³-hybridized carbons (Fsp3) is 0.750. The number of ether oxygens (including phenoxy) is 1. The lowest BCUT2D eigenvalue weighted by molar-refractivity contribution is -0.126. The predicted molar refractivity (Wildman–Crippen MR) is 69.7 cm³/mol. The molecule has 1 fully saturated rings. The van der Waals surface area contributed by atoms with Gasteiger partial charge in [-0.15, -0.1) is 0 Å². The van der Waals surface area contributed by atoms with Gasteiger partial charge in [-0.2, -0.15) is 5.10 Å². The molecule has 2 aliphatic heterocycles. The van der Waals surface area contributed by atoms with Crippen LogP contribution in [0.15, 0.2) is 5.10 Å². The fourth-order valence-electron chi connectivity index (χ4n) is 2.21. The van der Waals surface area contributed by atoms with Crippen molar-refractivity contribution >= 4 is 17.5 Å². The maximum absolute atomic E-state index is 12.1. The lowest BCUT2D eigenvalue weighted by Gasteiger charge is -2.32. The molecule has 0 aromatic rings. The Hall–Kier alpha value is -1.47. The molecule has 1 saturated heterocycles. The molecule has 1 atom stereocenters. The van der Waals surface area contributed by atoms with Crippen molar-refractivity contribution < 1.29 is 14.3 Å². The summed E-state index contributed by atoms with van der Waals surface area (Å²) in [5.41, 5.74) is 2.75.